The molecule has 0 bridgehead atoms. The summed E-state index contributed by atoms with van der Waals surface area (Å²) >= 11 is 0. The number of nitrogens with zero attached hydrogens (tertiary/aromatic N) is 1. The Bertz CT molecular complexity index is 488. The van der Waals surface area contributed by atoms with E-state index in [1.807, 2.05) is 43.0 Å². The molecule has 2 rings (SSSR count). The molecule has 0 spiro atoms. The average molecular weight is 311 g/mol. The van der Waals surface area contributed by atoms with Crippen LogP contribution in [0.5, 0.6) is 0 Å². The Balaban J connectivity index is 0.00000220. The number of halogens is 1. The minimum atomic E-state index is 0. The molecule has 0 aromatic heterocycles. The smallest absolute Gasteiger partial charge is 0.223 e. The molecule has 1 aromatic rings. The fourth-order valence-electron chi connectivity index (χ4n) is 2.46. The van der Waals surface area contributed by atoms with Gasteiger partial charge in [0.15, 0.2) is 5.78 Å². The van der Waals surface area contributed by atoms with E-state index in [0.29, 0.717) is 18.4 Å². The first-order valence-corrected chi connectivity index (χ1v) is 7.18. The van der Waals surface area contributed by atoms with Crippen LogP contribution in [-0.4, -0.2) is 42.3 Å². The summed E-state index contributed by atoms with van der Waals surface area (Å²) in [5.74, 6) is 0.126. The molecule has 1 aliphatic heterocycles. The molecule has 5 heteroatoms. The summed E-state index contributed by atoms with van der Waals surface area (Å²) in [7, 11) is 0. The summed E-state index contributed by atoms with van der Waals surface area (Å²) in [6.45, 7) is 6.42. The fourth-order valence-corrected chi connectivity index (χ4v) is 2.46. The van der Waals surface area contributed by atoms with Gasteiger partial charge in [0.25, 0.3) is 0 Å². The molecule has 1 saturated heterocycles. The van der Waals surface area contributed by atoms with Crippen LogP contribution < -0.4 is 5.32 Å². The van der Waals surface area contributed by atoms with Gasteiger partial charge in [0.1, 0.15) is 0 Å². The number of carbonyl (C=O) groups excluding carboxylic acids is 2. The van der Waals surface area contributed by atoms with Crippen molar-refractivity contribution in [1.82, 2.24) is 10.2 Å². The Hall–Kier alpha value is -1.39. The first kappa shape index (κ1) is 17.7. The predicted molar refractivity (Wildman–Crippen MR) is 86.0 cm³/mol. The Labute approximate surface area is 132 Å². The second-order valence-corrected chi connectivity index (χ2v) is 5.43. The third-order valence-corrected chi connectivity index (χ3v) is 3.76. The maximum Gasteiger partial charge on any atom is 0.223 e. The molecule has 1 N–H and O–H groups in total. The number of hydrogen-bond acceptors (Lipinski definition) is 3. The lowest BCUT2D eigenvalue weighted by Crippen LogP contribution is -2.52. The summed E-state index contributed by atoms with van der Waals surface area (Å²) in [6, 6.07) is 7.72. The number of rotatable bonds is 4. The molecular weight excluding hydrogens is 288 g/mol. The molecule has 1 aliphatic rings. The van der Waals surface area contributed by atoms with Gasteiger partial charge in [0, 0.05) is 44.1 Å². The van der Waals surface area contributed by atoms with Crippen molar-refractivity contribution in [1.29, 1.82) is 0 Å². The van der Waals surface area contributed by atoms with Crippen LogP contribution in [0.2, 0.25) is 0 Å². The Morgan fingerprint density at radius 2 is 1.90 bits per heavy atom. The third kappa shape index (κ3) is 4.83. The van der Waals surface area contributed by atoms with E-state index in [2.05, 4.69) is 5.32 Å². The first-order chi connectivity index (χ1) is 9.58. The van der Waals surface area contributed by atoms with Crippen LogP contribution in [0.15, 0.2) is 24.3 Å². The number of aryl methyl sites for hydroxylation is 1. The lowest BCUT2D eigenvalue weighted by Gasteiger charge is -2.34. The fraction of sp³-hybridized carbons (Fsp3) is 0.500. The van der Waals surface area contributed by atoms with E-state index in [4.69, 9.17) is 0 Å². The van der Waals surface area contributed by atoms with E-state index in [0.717, 1.165) is 25.2 Å². The Morgan fingerprint density at radius 1 is 1.24 bits per heavy atom. The van der Waals surface area contributed by atoms with Crippen LogP contribution in [0.3, 0.4) is 0 Å². The van der Waals surface area contributed by atoms with Crippen molar-refractivity contribution in [3.8, 4) is 0 Å². The Morgan fingerprint density at radius 3 is 2.52 bits per heavy atom. The van der Waals surface area contributed by atoms with Crippen LogP contribution in [0.4, 0.5) is 0 Å². The zero-order valence-electron chi connectivity index (χ0n) is 12.6. The average Bonchev–Trinajstić information content (AvgIpc) is 2.45. The van der Waals surface area contributed by atoms with E-state index in [-0.39, 0.29) is 30.1 Å². The molecular formula is C16H23ClN2O2. The van der Waals surface area contributed by atoms with Crippen LogP contribution >= 0.6 is 12.4 Å². The van der Waals surface area contributed by atoms with E-state index < -0.39 is 0 Å². The summed E-state index contributed by atoms with van der Waals surface area (Å²) < 4.78 is 0. The van der Waals surface area contributed by atoms with Gasteiger partial charge in [0.2, 0.25) is 5.91 Å². The van der Waals surface area contributed by atoms with E-state index in [1.165, 1.54) is 0 Å². The van der Waals surface area contributed by atoms with Crippen molar-refractivity contribution in [2.75, 3.05) is 19.6 Å². The number of hydrogen-bond donors (Lipinski definition) is 1. The molecule has 1 fully saturated rings. The molecule has 1 amide bonds. The molecule has 0 aliphatic carbocycles. The van der Waals surface area contributed by atoms with Crippen LogP contribution in [0, 0.1) is 6.92 Å². The molecule has 21 heavy (non-hydrogen) atoms. The van der Waals surface area contributed by atoms with Gasteiger partial charge in [-0.15, -0.1) is 12.4 Å². The molecule has 4 nitrogen and oxygen atoms in total. The Kier molecular flexibility index (Phi) is 6.85. The van der Waals surface area contributed by atoms with Crippen molar-refractivity contribution in [3.63, 3.8) is 0 Å². The first-order valence-electron chi connectivity index (χ1n) is 7.18. The number of nitrogens with one attached hydrogen (secondary N) is 1. The van der Waals surface area contributed by atoms with Crippen molar-refractivity contribution < 1.29 is 9.59 Å². The van der Waals surface area contributed by atoms with Crippen molar-refractivity contribution >= 4 is 24.1 Å². The quantitative estimate of drug-likeness (QED) is 0.867. The molecule has 1 heterocycles. The highest BCUT2D eigenvalue weighted by Crippen LogP contribution is 2.11. The van der Waals surface area contributed by atoms with Gasteiger partial charge in [-0.3, -0.25) is 9.59 Å². The molecule has 0 radical (unpaired) electrons. The van der Waals surface area contributed by atoms with Crippen molar-refractivity contribution in [2.45, 2.75) is 32.7 Å². The number of amides is 1. The highest BCUT2D eigenvalue weighted by atomic mass is 35.5. The number of ketones is 1. The predicted octanol–water partition coefficient (Wildman–Crippen LogP) is 2.20. The van der Waals surface area contributed by atoms with Crippen molar-refractivity contribution in [2.24, 2.45) is 0 Å². The summed E-state index contributed by atoms with van der Waals surface area (Å²) in [4.78, 5) is 26.1. The summed E-state index contributed by atoms with van der Waals surface area (Å²) in [5.41, 5.74) is 1.82. The number of benzene rings is 1. The van der Waals surface area contributed by atoms with Gasteiger partial charge in [-0.05, 0) is 13.8 Å². The molecule has 1 atom stereocenters. The zero-order valence-corrected chi connectivity index (χ0v) is 13.4. The third-order valence-electron chi connectivity index (χ3n) is 3.76. The van der Waals surface area contributed by atoms with Crippen LogP contribution in [0.1, 0.15) is 35.7 Å². The van der Waals surface area contributed by atoms with Gasteiger partial charge >= 0.3 is 0 Å². The highest BCUT2D eigenvalue weighted by molar-refractivity contribution is 5.98. The van der Waals surface area contributed by atoms with Crippen LogP contribution in [-0.2, 0) is 4.79 Å². The SMILES string of the molecule is Cc1ccc(C(=O)CCC(=O)N2CCNCC2C)cc1.Cl. The minimum absolute atomic E-state index is 0. The lowest BCUT2D eigenvalue weighted by atomic mass is 10.0. The van der Waals surface area contributed by atoms with Gasteiger partial charge in [-0.1, -0.05) is 29.8 Å². The van der Waals surface area contributed by atoms with E-state index in [1.54, 1.807) is 0 Å². The highest BCUT2D eigenvalue weighted by Gasteiger charge is 2.23. The van der Waals surface area contributed by atoms with Gasteiger partial charge in [0.05, 0.1) is 0 Å². The monoisotopic (exact) mass is 310 g/mol. The van der Waals surface area contributed by atoms with E-state index >= 15 is 0 Å². The minimum Gasteiger partial charge on any atom is -0.337 e. The summed E-state index contributed by atoms with van der Waals surface area (Å²) in [5, 5.41) is 3.25. The largest absolute Gasteiger partial charge is 0.337 e. The molecule has 1 aromatic carbocycles. The second kappa shape index (κ2) is 8.15. The van der Waals surface area contributed by atoms with Gasteiger partial charge in [-0.2, -0.15) is 0 Å². The normalized spacial score (nSPS) is 18.0. The lowest BCUT2D eigenvalue weighted by molar-refractivity contribution is -0.133. The number of carbonyl (C=O) groups is 2. The standard InChI is InChI=1S/C16H22N2O2.ClH/c1-12-3-5-14(6-4-12)15(19)7-8-16(20)18-10-9-17-11-13(18)2;/h3-6,13,17H,7-11H2,1-2H3;1H. The molecule has 0 saturated carbocycles. The van der Waals surface area contributed by atoms with Gasteiger partial charge in [-0.25, -0.2) is 0 Å². The maximum atomic E-state index is 12.1. The maximum absolute atomic E-state index is 12.1. The topological polar surface area (TPSA) is 49.4 Å². The molecule has 116 valence electrons. The number of piperazine rings is 1. The van der Waals surface area contributed by atoms with Crippen LogP contribution in [0.25, 0.3) is 0 Å². The van der Waals surface area contributed by atoms with E-state index in [9.17, 15) is 9.59 Å². The second-order valence-electron chi connectivity index (χ2n) is 5.43. The molecule has 1 unspecified atom stereocenters. The van der Waals surface area contributed by atoms with Crippen molar-refractivity contribution in [3.05, 3.63) is 35.4 Å². The zero-order chi connectivity index (χ0) is 14.5. The summed E-state index contributed by atoms with van der Waals surface area (Å²) in [6.07, 6.45) is 0.593. The van der Waals surface area contributed by atoms with Gasteiger partial charge < -0.3 is 10.2 Å². The number of Topliss-reactive ketones (excluding diaryl/α,β-unsaturated/α-hetero) is 1.